The van der Waals surface area contributed by atoms with E-state index in [1.54, 1.807) is 6.92 Å². The molecule has 34 heavy (non-hydrogen) atoms. The molecule has 0 aromatic heterocycles. The molecule has 2 atom stereocenters. The smallest absolute Gasteiger partial charge is 0.407 e. The van der Waals surface area contributed by atoms with Crippen molar-refractivity contribution in [3.8, 4) is 23.0 Å². The van der Waals surface area contributed by atoms with Crippen LogP contribution in [0.15, 0.2) is 48.5 Å². The van der Waals surface area contributed by atoms with Crippen molar-refractivity contribution in [2.24, 2.45) is 5.41 Å². The first-order valence-corrected chi connectivity index (χ1v) is 11.8. The zero-order valence-electron chi connectivity index (χ0n) is 20.1. The van der Waals surface area contributed by atoms with Gasteiger partial charge in [-0.2, -0.15) is 0 Å². The number of hydrogen-bond donors (Lipinski definition) is 2. The van der Waals surface area contributed by atoms with Gasteiger partial charge in [0.1, 0.15) is 12.6 Å². The van der Waals surface area contributed by atoms with Crippen molar-refractivity contribution >= 4 is 12.1 Å². The maximum Gasteiger partial charge on any atom is 0.407 e. The Bertz CT molecular complexity index is 1100. The number of amides is 1. The third kappa shape index (κ3) is 4.67. The molecule has 2 N–H and O–H groups in total. The molecule has 1 fully saturated rings. The molecule has 178 valence electrons. The summed E-state index contributed by atoms with van der Waals surface area (Å²) >= 11 is 0. The van der Waals surface area contributed by atoms with Gasteiger partial charge in [-0.05, 0) is 42.0 Å². The van der Waals surface area contributed by atoms with E-state index >= 15 is 0 Å². The van der Waals surface area contributed by atoms with Gasteiger partial charge in [0.15, 0.2) is 0 Å². The SMILES string of the molecule is CC#CC[C@@]1([C@@H](NC(=O)OCC2c3ccccc3-c3ccccc32)C(=O)O)CCC[N+](C)(C)C1. The molecular formula is C28H33N2O4+. The Hall–Kier alpha value is -3.30. The minimum absolute atomic E-state index is 0.0772. The van der Waals surface area contributed by atoms with Crippen LogP contribution < -0.4 is 5.32 Å². The van der Waals surface area contributed by atoms with Crippen molar-refractivity contribution in [2.45, 2.75) is 38.1 Å². The van der Waals surface area contributed by atoms with Crippen LogP contribution in [0, 0.1) is 17.3 Å². The first-order valence-electron chi connectivity index (χ1n) is 11.8. The lowest BCUT2D eigenvalue weighted by Crippen LogP contribution is -2.62. The standard InChI is InChI=1S/C28H32N2O4/c1-4-5-15-28(16-10-17-30(2,3)19-28)25(26(31)32)29-27(33)34-18-24-22-13-8-6-11-20(22)21-12-7-9-14-23(21)24/h6-9,11-14,24-25H,10,15-19H2,1-3H3,(H-,29,31,32,33)/p+1/t25-,28+/m0/s1. The van der Waals surface area contributed by atoms with Gasteiger partial charge >= 0.3 is 12.1 Å². The minimum atomic E-state index is -1.07. The number of carbonyl (C=O) groups is 2. The highest BCUT2D eigenvalue weighted by Gasteiger charge is 2.50. The maximum absolute atomic E-state index is 12.9. The van der Waals surface area contributed by atoms with Gasteiger partial charge in [0, 0.05) is 12.3 Å². The summed E-state index contributed by atoms with van der Waals surface area (Å²) in [7, 11) is 4.19. The van der Waals surface area contributed by atoms with Gasteiger partial charge in [-0.3, -0.25) is 0 Å². The topological polar surface area (TPSA) is 75.6 Å². The summed E-state index contributed by atoms with van der Waals surface area (Å²) in [6.07, 6.45) is 1.30. The number of carboxylic acids is 1. The highest BCUT2D eigenvalue weighted by Crippen LogP contribution is 2.44. The monoisotopic (exact) mass is 461 g/mol. The number of hydrogen-bond acceptors (Lipinski definition) is 3. The van der Waals surface area contributed by atoms with Crippen molar-refractivity contribution in [1.82, 2.24) is 5.32 Å². The number of ether oxygens (including phenoxy) is 1. The number of benzene rings is 2. The average Bonchev–Trinajstić information content (AvgIpc) is 3.13. The number of aliphatic carboxylic acids is 1. The second-order valence-electron chi connectivity index (χ2n) is 10.1. The van der Waals surface area contributed by atoms with Crippen molar-refractivity contribution < 1.29 is 23.9 Å². The highest BCUT2D eigenvalue weighted by atomic mass is 16.5. The number of alkyl carbamates (subject to hydrolysis) is 1. The van der Waals surface area contributed by atoms with Crippen molar-refractivity contribution in [1.29, 1.82) is 0 Å². The maximum atomic E-state index is 12.9. The van der Waals surface area contributed by atoms with Gasteiger partial charge in [-0.1, -0.05) is 48.5 Å². The van der Waals surface area contributed by atoms with Crippen LogP contribution in [0.25, 0.3) is 11.1 Å². The molecule has 2 aromatic carbocycles. The van der Waals surface area contributed by atoms with Gasteiger partial charge in [-0.15, -0.1) is 11.8 Å². The van der Waals surface area contributed by atoms with E-state index in [1.165, 1.54) is 0 Å². The lowest BCUT2D eigenvalue weighted by atomic mass is 9.70. The first kappa shape index (κ1) is 23.8. The van der Waals surface area contributed by atoms with E-state index in [-0.39, 0.29) is 12.5 Å². The van der Waals surface area contributed by atoms with Crippen LogP contribution >= 0.6 is 0 Å². The molecule has 2 aromatic rings. The Kier molecular flexibility index (Phi) is 6.67. The first-order chi connectivity index (χ1) is 16.3. The minimum Gasteiger partial charge on any atom is -0.480 e. The Balaban J connectivity index is 1.52. The summed E-state index contributed by atoms with van der Waals surface area (Å²) in [6.45, 7) is 3.50. The summed E-state index contributed by atoms with van der Waals surface area (Å²) in [4.78, 5) is 25.3. The number of likely N-dealkylation sites (tertiary alicyclic amines) is 1. The van der Waals surface area contributed by atoms with Crippen LogP contribution in [-0.2, 0) is 9.53 Å². The largest absolute Gasteiger partial charge is 0.480 e. The summed E-state index contributed by atoms with van der Waals surface area (Å²) in [5, 5.41) is 12.8. The summed E-state index contributed by atoms with van der Waals surface area (Å²) in [6, 6.07) is 15.2. The Morgan fingerprint density at radius 1 is 1.15 bits per heavy atom. The van der Waals surface area contributed by atoms with E-state index < -0.39 is 23.5 Å². The van der Waals surface area contributed by atoms with Gasteiger partial charge in [0.05, 0.1) is 32.6 Å². The number of carboxylic acid groups (broad SMARTS) is 1. The molecule has 0 spiro atoms. The van der Waals surface area contributed by atoms with E-state index in [9.17, 15) is 14.7 Å². The Labute approximate surface area is 201 Å². The fraction of sp³-hybridized carbons (Fsp3) is 0.429. The number of rotatable bonds is 6. The van der Waals surface area contributed by atoms with E-state index in [0.717, 1.165) is 35.2 Å². The van der Waals surface area contributed by atoms with Crippen LogP contribution in [0.4, 0.5) is 4.79 Å². The third-order valence-electron chi connectivity index (χ3n) is 7.26. The molecule has 0 bridgehead atoms. The molecule has 0 saturated carbocycles. The van der Waals surface area contributed by atoms with Crippen molar-refractivity contribution in [2.75, 3.05) is 33.8 Å². The number of carbonyl (C=O) groups excluding carboxylic acids is 1. The molecule has 1 heterocycles. The molecular weight excluding hydrogens is 428 g/mol. The quantitative estimate of drug-likeness (QED) is 0.498. The van der Waals surface area contributed by atoms with Crippen LogP contribution in [0.2, 0.25) is 0 Å². The molecule has 6 heteroatoms. The zero-order valence-corrected chi connectivity index (χ0v) is 20.1. The summed E-state index contributed by atoms with van der Waals surface area (Å²) in [5.41, 5.74) is 3.88. The average molecular weight is 462 g/mol. The predicted octanol–water partition coefficient (Wildman–Crippen LogP) is 4.25. The second kappa shape index (κ2) is 9.52. The number of nitrogens with one attached hydrogen (secondary N) is 1. The highest BCUT2D eigenvalue weighted by molar-refractivity contribution is 5.82. The number of quaternary nitrogens is 1. The Morgan fingerprint density at radius 2 is 1.76 bits per heavy atom. The lowest BCUT2D eigenvalue weighted by molar-refractivity contribution is -0.902. The van der Waals surface area contributed by atoms with E-state index in [4.69, 9.17) is 4.74 Å². The molecule has 1 amide bonds. The van der Waals surface area contributed by atoms with Gasteiger partial charge < -0.3 is 19.6 Å². The zero-order chi connectivity index (χ0) is 24.3. The number of fused-ring (bicyclic) bond motifs is 3. The molecule has 6 nitrogen and oxygen atoms in total. The van der Waals surface area contributed by atoms with Gasteiger partial charge in [0.25, 0.3) is 0 Å². The molecule has 1 aliphatic heterocycles. The van der Waals surface area contributed by atoms with Crippen LogP contribution in [-0.4, -0.2) is 61.5 Å². The molecule has 0 radical (unpaired) electrons. The van der Waals surface area contributed by atoms with Crippen LogP contribution in [0.1, 0.15) is 43.2 Å². The normalized spacial score (nSPS) is 21.4. The molecule has 1 saturated heterocycles. The summed E-state index contributed by atoms with van der Waals surface area (Å²) < 4.78 is 6.35. The second-order valence-corrected chi connectivity index (χ2v) is 10.1. The fourth-order valence-corrected chi connectivity index (χ4v) is 5.85. The lowest BCUT2D eigenvalue weighted by Gasteiger charge is -2.47. The van der Waals surface area contributed by atoms with Crippen LogP contribution in [0.5, 0.6) is 0 Å². The van der Waals surface area contributed by atoms with E-state index in [1.807, 2.05) is 24.3 Å². The number of nitrogens with zero attached hydrogens (tertiary/aromatic N) is 1. The van der Waals surface area contributed by atoms with E-state index in [2.05, 4.69) is 55.5 Å². The summed E-state index contributed by atoms with van der Waals surface area (Å²) in [5.74, 6) is 4.86. The molecule has 2 aliphatic rings. The number of piperidine rings is 1. The predicted molar refractivity (Wildman–Crippen MR) is 131 cm³/mol. The van der Waals surface area contributed by atoms with Gasteiger partial charge in [0.2, 0.25) is 0 Å². The van der Waals surface area contributed by atoms with Gasteiger partial charge in [-0.25, -0.2) is 9.59 Å². The molecule has 4 rings (SSSR count). The van der Waals surface area contributed by atoms with E-state index in [0.29, 0.717) is 23.9 Å². The molecule has 1 aliphatic carbocycles. The van der Waals surface area contributed by atoms with Crippen molar-refractivity contribution in [3.63, 3.8) is 0 Å². The molecule has 0 unspecified atom stereocenters. The Morgan fingerprint density at radius 3 is 2.32 bits per heavy atom. The fourth-order valence-electron chi connectivity index (χ4n) is 5.85. The third-order valence-corrected chi connectivity index (χ3v) is 7.26. The van der Waals surface area contributed by atoms with Crippen molar-refractivity contribution in [3.05, 3.63) is 59.7 Å². The van der Waals surface area contributed by atoms with Crippen LogP contribution in [0.3, 0.4) is 0 Å².